The van der Waals surface area contributed by atoms with Crippen molar-refractivity contribution in [2.24, 2.45) is 0 Å². The number of aliphatic hydroxyl groups is 1. The van der Waals surface area contributed by atoms with E-state index in [-0.39, 0.29) is 10.5 Å². The number of hydrogen-bond acceptors (Lipinski definition) is 4. The number of esters is 1. The van der Waals surface area contributed by atoms with E-state index in [2.05, 4.69) is 22.6 Å². The third-order valence-electron chi connectivity index (χ3n) is 3.95. The molecule has 1 aromatic carbocycles. The van der Waals surface area contributed by atoms with Gasteiger partial charge in [-0.2, -0.15) is 0 Å². The minimum absolute atomic E-state index is 0.0267. The normalized spacial score (nSPS) is 34.9. The molecule has 0 unspecified atom stereocenters. The zero-order chi connectivity index (χ0) is 15.0. The van der Waals surface area contributed by atoms with Gasteiger partial charge < -0.3 is 14.6 Å². The van der Waals surface area contributed by atoms with Gasteiger partial charge in [0.2, 0.25) is 0 Å². The lowest BCUT2D eigenvalue weighted by Gasteiger charge is -2.32. The molecule has 1 aromatic rings. The van der Waals surface area contributed by atoms with Crippen molar-refractivity contribution in [3.63, 3.8) is 0 Å². The van der Waals surface area contributed by atoms with Gasteiger partial charge in [0.15, 0.2) is 5.60 Å². The molecule has 110 valence electrons. The maximum atomic E-state index is 12.1. The van der Waals surface area contributed by atoms with E-state index in [9.17, 15) is 9.90 Å². The van der Waals surface area contributed by atoms with Crippen LogP contribution >= 0.6 is 22.6 Å². The summed E-state index contributed by atoms with van der Waals surface area (Å²) in [6.07, 6.45) is -1.00. The average Bonchev–Trinajstić information content (AvgIpc) is 2.60. The molecule has 0 amide bonds. The maximum absolute atomic E-state index is 12.1. The van der Waals surface area contributed by atoms with E-state index < -0.39 is 23.3 Å². The van der Waals surface area contributed by atoms with Crippen molar-refractivity contribution >= 4 is 28.6 Å². The van der Waals surface area contributed by atoms with Crippen molar-refractivity contribution in [2.75, 3.05) is 0 Å². The molecule has 20 heavy (non-hydrogen) atoms. The molecule has 1 heterocycles. The van der Waals surface area contributed by atoms with Crippen LogP contribution in [0.4, 0.5) is 0 Å². The summed E-state index contributed by atoms with van der Waals surface area (Å²) >= 11 is 2.15. The van der Waals surface area contributed by atoms with Crippen LogP contribution in [0.3, 0.4) is 0 Å². The molecule has 5 heteroatoms. The largest absolute Gasteiger partial charge is 0.453 e. The molecule has 0 radical (unpaired) electrons. The van der Waals surface area contributed by atoms with Crippen LogP contribution < -0.4 is 0 Å². The van der Waals surface area contributed by atoms with Crippen molar-refractivity contribution in [3.05, 3.63) is 35.9 Å². The van der Waals surface area contributed by atoms with Crippen LogP contribution in [-0.4, -0.2) is 32.3 Å². The number of cyclic esters (lactones) is 1. The lowest BCUT2D eigenvalue weighted by Crippen LogP contribution is -2.52. The van der Waals surface area contributed by atoms with Crippen molar-refractivity contribution in [2.45, 2.75) is 48.6 Å². The highest BCUT2D eigenvalue weighted by Crippen LogP contribution is 2.41. The molecule has 2 rings (SSSR count). The van der Waals surface area contributed by atoms with E-state index in [1.807, 2.05) is 37.3 Å². The SMILES string of the molecule is C[C@H](I)[C@]1(C)OC(=O)[C@](C)(OCc2ccccc2)[C@@H]1O. The number of halogens is 1. The summed E-state index contributed by atoms with van der Waals surface area (Å²) in [6, 6.07) is 9.55. The Hall–Kier alpha value is -0.660. The molecular weight excluding hydrogens is 371 g/mol. The summed E-state index contributed by atoms with van der Waals surface area (Å²) in [4.78, 5) is 12.1. The van der Waals surface area contributed by atoms with Gasteiger partial charge in [0.25, 0.3) is 0 Å². The molecule has 1 aliphatic rings. The van der Waals surface area contributed by atoms with E-state index in [4.69, 9.17) is 9.47 Å². The van der Waals surface area contributed by atoms with Gasteiger partial charge in [-0.05, 0) is 26.3 Å². The van der Waals surface area contributed by atoms with E-state index in [0.717, 1.165) is 5.56 Å². The van der Waals surface area contributed by atoms with E-state index in [1.165, 1.54) is 0 Å². The maximum Gasteiger partial charge on any atom is 0.341 e. The Balaban J connectivity index is 2.16. The first-order chi connectivity index (χ1) is 9.30. The second kappa shape index (κ2) is 5.61. The first-order valence-corrected chi connectivity index (χ1v) is 7.78. The average molecular weight is 390 g/mol. The Morgan fingerprint density at radius 1 is 1.40 bits per heavy atom. The smallest absolute Gasteiger partial charge is 0.341 e. The molecule has 0 saturated carbocycles. The molecule has 0 aromatic heterocycles. The number of carbonyl (C=O) groups is 1. The number of rotatable bonds is 4. The molecule has 0 bridgehead atoms. The number of benzene rings is 1. The van der Waals surface area contributed by atoms with Crippen LogP contribution in [0.25, 0.3) is 0 Å². The van der Waals surface area contributed by atoms with Crippen LogP contribution in [-0.2, 0) is 20.9 Å². The van der Waals surface area contributed by atoms with Crippen LogP contribution in [0.15, 0.2) is 30.3 Å². The summed E-state index contributed by atoms with van der Waals surface area (Å²) in [6.45, 7) is 5.49. The molecule has 1 saturated heterocycles. The zero-order valence-electron chi connectivity index (χ0n) is 11.8. The molecule has 1 fully saturated rings. The zero-order valence-corrected chi connectivity index (χ0v) is 14.0. The molecule has 0 spiro atoms. The van der Waals surface area contributed by atoms with Gasteiger partial charge in [0.05, 0.1) is 10.5 Å². The minimum atomic E-state index is -1.33. The number of hydrogen-bond donors (Lipinski definition) is 1. The third kappa shape index (κ3) is 2.58. The van der Waals surface area contributed by atoms with E-state index >= 15 is 0 Å². The first-order valence-electron chi connectivity index (χ1n) is 6.54. The number of ether oxygens (including phenoxy) is 2. The highest BCUT2D eigenvalue weighted by molar-refractivity contribution is 14.1. The van der Waals surface area contributed by atoms with Gasteiger partial charge in [0, 0.05) is 0 Å². The molecule has 4 atom stereocenters. The molecule has 1 aliphatic heterocycles. The minimum Gasteiger partial charge on any atom is -0.453 e. The summed E-state index contributed by atoms with van der Waals surface area (Å²) < 4.78 is 11.1. The highest BCUT2D eigenvalue weighted by Gasteiger charge is 2.62. The topological polar surface area (TPSA) is 55.8 Å². The standard InChI is InChI=1S/C15H19IO4/c1-10(16)14(2)12(17)15(3,13(18)20-14)19-9-11-7-5-4-6-8-11/h4-8,10,12,17H,9H2,1-3H3/t10-,12+,14-,15+/m0/s1. The fraction of sp³-hybridized carbons (Fsp3) is 0.533. The van der Waals surface area contributed by atoms with Crippen molar-refractivity contribution in [1.29, 1.82) is 0 Å². The molecule has 0 aliphatic carbocycles. The van der Waals surface area contributed by atoms with Crippen molar-refractivity contribution in [3.8, 4) is 0 Å². The Labute approximate surface area is 132 Å². The lowest BCUT2D eigenvalue weighted by molar-refractivity contribution is -0.164. The van der Waals surface area contributed by atoms with Crippen LogP contribution in [0.1, 0.15) is 26.3 Å². The fourth-order valence-corrected chi connectivity index (χ4v) is 2.73. The highest BCUT2D eigenvalue weighted by atomic mass is 127. The number of carbonyl (C=O) groups excluding carboxylic acids is 1. The van der Waals surface area contributed by atoms with Gasteiger partial charge in [0.1, 0.15) is 11.7 Å². The van der Waals surface area contributed by atoms with Crippen molar-refractivity contribution in [1.82, 2.24) is 0 Å². The number of alkyl halides is 1. The third-order valence-corrected chi connectivity index (χ3v) is 5.19. The molecule has 1 N–H and O–H groups in total. The molecular formula is C15H19IO4. The summed E-state index contributed by atoms with van der Waals surface area (Å²) in [5, 5.41) is 10.5. The summed E-state index contributed by atoms with van der Waals surface area (Å²) in [5.41, 5.74) is -1.31. The second-order valence-corrected chi connectivity index (χ2v) is 7.34. The Morgan fingerprint density at radius 3 is 2.50 bits per heavy atom. The monoisotopic (exact) mass is 390 g/mol. The van der Waals surface area contributed by atoms with Gasteiger partial charge in [-0.3, -0.25) is 0 Å². The molecule has 4 nitrogen and oxygen atoms in total. The van der Waals surface area contributed by atoms with E-state index in [0.29, 0.717) is 0 Å². The van der Waals surface area contributed by atoms with E-state index in [1.54, 1.807) is 13.8 Å². The first kappa shape index (κ1) is 15.7. The van der Waals surface area contributed by atoms with Crippen LogP contribution in [0, 0.1) is 0 Å². The predicted octanol–water partition coefficient (Wildman–Crippen LogP) is 2.46. The fourth-order valence-electron chi connectivity index (χ4n) is 2.26. The van der Waals surface area contributed by atoms with Crippen LogP contribution in [0.2, 0.25) is 0 Å². The van der Waals surface area contributed by atoms with Gasteiger partial charge in [-0.25, -0.2) is 4.79 Å². The second-order valence-electron chi connectivity index (χ2n) is 5.47. The van der Waals surface area contributed by atoms with Crippen molar-refractivity contribution < 1.29 is 19.4 Å². The Kier molecular flexibility index (Phi) is 4.41. The van der Waals surface area contributed by atoms with Gasteiger partial charge >= 0.3 is 5.97 Å². The van der Waals surface area contributed by atoms with Gasteiger partial charge in [-0.1, -0.05) is 52.9 Å². The summed E-state index contributed by atoms with van der Waals surface area (Å²) in [7, 11) is 0. The quantitative estimate of drug-likeness (QED) is 0.488. The van der Waals surface area contributed by atoms with Crippen LogP contribution in [0.5, 0.6) is 0 Å². The number of aliphatic hydroxyl groups excluding tert-OH is 1. The predicted molar refractivity (Wildman–Crippen MR) is 83.6 cm³/mol. The Bertz CT molecular complexity index is 490. The Morgan fingerprint density at radius 2 is 2.00 bits per heavy atom. The van der Waals surface area contributed by atoms with Gasteiger partial charge in [-0.15, -0.1) is 0 Å². The lowest BCUT2D eigenvalue weighted by atomic mass is 9.87. The summed E-state index contributed by atoms with van der Waals surface area (Å²) in [5.74, 6) is -0.507.